The predicted octanol–water partition coefficient (Wildman–Crippen LogP) is -0.559. The van der Waals surface area contributed by atoms with Gasteiger partial charge in [0.15, 0.2) is 0 Å². The highest BCUT2D eigenvalue weighted by molar-refractivity contribution is 6.22. The van der Waals surface area contributed by atoms with Crippen LogP contribution >= 0.6 is 0 Å². The van der Waals surface area contributed by atoms with Gasteiger partial charge >= 0.3 is 0 Å². The summed E-state index contributed by atoms with van der Waals surface area (Å²) in [5.41, 5.74) is -0.762. The third-order valence-corrected chi connectivity index (χ3v) is 5.31. The quantitative estimate of drug-likeness (QED) is 0.591. The van der Waals surface area contributed by atoms with Gasteiger partial charge in [-0.15, -0.1) is 0 Å². The van der Waals surface area contributed by atoms with E-state index >= 15 is 0 Å². The lowest BCUT2D eigenvalue weighted by Crippen LogP contribution is -2.36. The van der Waals surface area contributed by atoms with E-state index in [1.807, 2.05) is 0 Å². The number of nitrogens with one attached hydrogen (secondary N) is 1. The fourth-order valence-corrected chi connectivity index (χ4v) is 3.73. The SMILES string of the molecule is O=C([O-])c1cc(NC(=O)c2ccc3c(c2)C(=O)N(C[C@@H]2CCCO2)C3=O)cc(C(=O)[O-])c1. The van der Waals surface area contributed by atoms with E-state index < -0.39 is 40.8 Å². The molecule has 1 atom stereocenters. The van der Waals surface area contributed by atoms with Crippen LogP contribution < -0.4 is 15.5 Å². The minimum absolute atomic E-state index is 0.0257. The third-order valence-electron chi connectivity index (χ3n) is 5.31. The first-order valence-corrected chi connectivity index (χ1v) is 9.75. The van der Waals surface area contributed by atoms with Crippen LogP contribution in [-0.4, -0.2) is 53.8 Å². The van der Waals surface area contributed by atoms with Crippen LogP contribution in [0.25, 0.3) is 0 Å². The molecule has 1 fully saturated rings. The normalized spacial score (nSPS) is 17.4. The fraction of sp³-hybridized carbons (Fsp3) is 0.227. The van der Waals surface area contributed by atoms with Crippen molar-refractivity contribution < 1.29 is 38.9 Å². The summed E-state index contributed by atoms with van der Waals surface area (Å²) in [6.07, 6.45) is 1.39. The zero-order valence-corrected chi connectivity index (χ0v) is 16.6. The summed E-state index contributed by atoms with van der Waals surface area (Å²) in [6.45, 7) is 0.715. The number of carboxylic acid groups (broad SMARTS) is 2. The summed E-state index contributed by atoms with van der Waals surface area (Å²) >= 11 is 0. The largest absolute Gasteiger partial charge is 0.545 e. The first-order valence-electron chi connectivity index (χ1n) is 9.75. The second-order valence-corrected chi connectivity index (χ2v) is 7.44. The van der Waals surface area contributed by atoms with Crippen LogP contribution in [0, 0.1) is 0 Å². The molecule has 0 aromatic heterocycles. The van der Waals surface area contributed by atoms with Crippen molar-refractivity contribution in [3.8, 4) is 0 Å². The van der Waals surface area contributed by atoms with Crippen LogP contribution in [0.1, 0.15) is 64.6 Å². The summed E-state index contributed by atoms with van der Waals surface area (Å²) in [7, 11) is 0. The molecule has 2 aliphatic heterocycles. The van der Waals surface area contributed by atoms with Crippen LogP contribution in [0.4, 0.5) is 5.69 Å². The molecule has 0 saturated carbocycles. The molecule has 10 nitrogen and oxygen atoms in total. The average Bonchev–Trinajstić information content (AvgIpc) is 3.36. The molecular weight excluding hydrogens is 420 g/mol. The Hall–Kier alpha value is -4.05. The van der Waals surface area contributed by atoms with Crippen molar-refractivity contribution in [2.24, 2.45) is 0 Å². The van der Waals surface area contributed by atoms with Gasteiger partial charge in [-0.2, -0.15) is 0 Å². The third kappa shape index (κ3) is 3.95. The van der Waals surface area contributed by atoms with Gasteiger partial charge in [0.05, 0.1) is 35.7 Å². The molecule has 2 aliphatic rings. The molecule has 0 radical (unpaired) electrons. The van der Waals surface area contributed by atoms with Crippen molar-refractivity contribution in [1.82, 2.24) is 4.90 Å². The molecule has 1 saturated heterocycles. The first-order chi connectivity index (χ1) is 15.2. The van der Waals surface area contributed by atoms with Crippen LogP contribution in [0.3, 0.4) is 0 Å². The lowest BCUT2D eigenvalue weighted by molar-refractivity contribution is -0.255. The van der Waals surface area contributed by atoms with E-state index in [9.17, 15) is 34.2 Å². The molecule has 164 valence electrons. The number of hydrogen-bond donors (Lipinski definition) is 1. The van der Waals surface area contributed by atoms with Crippen molar-refractivity contribution in [3.05, 3.63) is 64.2 Å². The van der Waals surface area contributed by atoms with Crippen LogP contribution in [0.15, 0.2) is 36.4 Å². The van der Waals surface area contributed by atoms with Gasteiger partial charge in [-0.25, -0.2) is 0 Å². The number of imide groups is 1. The molecule has 0 bridgehead atoms. The number of hydrogen-bond acceptors (Lipinski definition) is 8. The molecule has 0 unspecified atom stereocenters. The maximum Gasteiger partial charge on any atom is 0.261 e. The zero-order valence-electron chi connectivity index (χ0n) is 16.6. The molecule has 2 aromatic rings. The van der Waals surface area contributed by atoms with Crippen molar-refractivity contribution in [3.63, 3.8) is 0 Å². The van der Waals surface area contributed by atoms with Gasteiger partial charge in [-0.3, -0.25) is 19.3 Å². The van der Waals surface area contributed by atoms with E-state index in [1.165, 1.54) is 18.2 Å². The van der Waals surface area contributed by atoms with Gasteiger partial charge in [0.2, 0.25) is 0 Å². The lowest BCUT2D eigenvalue weighted by atomic mass is 10.0. The van der Waals surface area contributed by atoms with Crippen molar-refractivity contribution >= 4 is 35.3 Å². The average molecular weight is 436 g/mol. The van der Waals surface area contributed by atoms with Crippen molar-refractivity contribution in [1.29, 1.82) is 0 Å². The molecule has 32 heavy (non-hydrogen) atoms. The second-order valence-electron chi connectivity index (χ2n) is 7.44. The van der Waals surface area contributed by atoms with Gasteiger partial charge in [-0.1, -0.05) is 0 Å². The van der Waals surface area contributed by atoms with Crippen molar-refractivity contribution in [2.75, 3.05) is 18.5 Å². The molecule has 4 rings (SSSR count). The Kier molecular flexibility index (Phi) is 5.45. The molecule has 1 N–H and O–H groups in total. The molecule has 2 aromatic carbocycles. The summed E-state index contributed by atoms with van der Waals surface area (Å²) in [6, 6.07) is 6.89. The number of ether oxygens (including phenoxy) is 1. The maximum absolute atomic E-state index is 12.7. The van der Waals surface area contributed by atoms with E-state index in [2.05, 4.69) is 5.32 Å². The molecule has 3 amide bonds. The minimum atomic E-state index is -1.63. The van der Waals surface area contributed by atoms with Crippen LogP contribution in [0.5, 0.6) is 0 Å². The first kappa shape index (κ1) is 21.2. The Morgan fingerprint density at radius 3 is 2.19 bits per heavy atom. The Labute approximate surface area is 181 Å². The van der Waals surface area contributed by atoms with Crippen LogP contribution in [-0.2, 0) is 4.74 Å². The molecule has 0 aliphatic carbocycles. The number of carboxylic acids is 2. The van der Waals surface area contributed by atoms with E-state index in [1.54, 1.807) is 0 Å². The Morgan fingerprint density at radius 1 is 0.938 bits per heavy atom. The van der Waals surface area contributed by atoms with Gasteiger partial charge in [0, 0.05) is 17.9 Å². The Bertz CT molecular complexity index is 1130. The van der Waals surface area contributed by atoms with Gasteiger partial charge in [-0.05, 0) is 60.4 Å². The Balaban J connectivity index is 1.56. The summed E-state index contributed by atoms with van der Waals surface area (Å²) in [4.78, 5) is 61.3. The summed E-state index contributed by atoms with van der Waals surface area (Å²) < 4.78 is 5.49. The number of rotatable bonds is 6. The number of fused-ring (bicyclic) bond motifs is 1. The standard InChI is InChI=1S/C22H18N2O8/c25-18(23-14-7-12(21(28)29)6-13(8-14)22(30)31)11-3-4-16-17(9-11)20(27)24(19(16)26)10-15-2-1-5-32-15/h3-4,6-9,15H,1-2,5,10H2,(H,23,25)(H,28,29)(H,30,31)/p-2/t15-/m0/s1. The number of anilines is 1. The Morgan fingerprint density at radius 2 is 1.59 bits per heavy atom. The van der Waals surface area contributed by atoms with Gasteiger partial charge < -0.3 is 29.9 Å². The van der Waals surface area contributed by atoms with Gasteiger partial charge in [0.25, 0.3) is 17.7 Å². The van der Waals surface area contributed by atoms with E-state index in [4.69, 9.17) is 4.74 Å². The molecule has 0 spiro atoms. The number of benzene rings is 2. The van der Waals surface area contributed by atoms with Gasteiger partial charge in [0.1, 0.15) is 0 Å². The topological polar surface area (TPSA) is 156 Å². The molecular formula is C22H16N2O8-2. The van der Waals surface area contributed by atoms with Crippen molar-refractivity contribution in [2.45, 2.75) is 18.9 Å². The lowest BCUT2D eigenvalue weighted by Gasteiger charge is -2.17. The number of nitrogens with zero attached hydrogens (tertiary/aromatic N) is 1. The number of carbonyl (C=O) groups excluding carboxylic acids is 5. The highest BCUT2D eigenvalue weighted by Gasteiger charge is 2.38. The molecule has 10 heteroatoms. The van der Waals surface area contributed by atoms with E-state index in [0.717, 1.165) is 35.9 Å². The predicted molar refractivity (Wildman–Crippen MR) is 104 cm³/mol. The second kappa shape index (κ2) is 8.23. The minimum Gasteiger partial charge on any atom is -0.545 e. The van der Waals surface area contributed by atoms with E-state index in [-0.39, 0.29) is 35.0 Å². The number of carbonyl (C=O) groups is 5. The highest BCUT2D eigenvalue weighted by Crippen LogP contribution is 2.26. The van der Waals surface area contributed by atoms with E-state index in [0.29, 0.717) is 6.61 Å². The monoisotopic (exact) mass is 436 g/mol. The number of aromatic carboxylic acids is 2. The maximum atomic E-state index is 12.7. The summed E-state index contributed by atoms with van der Waals surface area (Å²) in [5.74, 6) is -4.99. The molecule has 2 heterocycles. The highest BCUT2D eigenvalue weighted by atomic mass is 16.5. The fourth-order valence-electron chi connectivity index (χ4n) is 3.73. The summed E-state index contributed by atoms with van der Waals surface area (Å²) in [5, 5.41) is 24.6. The zero-order chi connectivity index (χ0) is 23.0. The smallest absolute Gasteiger partial charge is 0.261 e. The van der Waals surface area contributed by atoms with Crippen LogP contribution in [0.2, 0.25) is 0 Å². The number of amides is 3.